The number of pyridine rings is 1. The van der Waals surface area contributed by atoms with E-state index >= 15 is 0 Å². The first-order valence-corrected chi connectivity index (χ1v) is 9.74. The molecule has 0 bridgehead atoms. The lowest BCUT2D eigenvalue weighted by Crippen LogP contribution is -2.39. The van der Waals surface area contributed by atoms with Gasteiger partial charge in [-0.05, 0) is 36.1 Å². The van der Waals surface area contributed by atoms with Crippen LogP contribution >= 0.6 is 24.0 Å². The van der Waals surface area contributed by atoms with Gasteiger partial charge in [0.1, 0.15) is 5.65 Å². The zero-order valence-electron chi connectivity index (χ0n) is 16.6. The van der Waals surface area contributed by atoms with E-state index < -0.39 is 0 Å². The Bertz CT molecular complexity index is 1050. The third-order valence-corrected chi connectivity index (χ3v) is 4.86. The van der Waals surface area contributed by atoms with Crippen molar-refractivity contribution in [2.45, 2.75) is 19.4 Å². The summed E-state index contributed by atoms with van der Waals surface area (Å²) in [6.07, 6.45) is 8.15. The van der Waals surface area contributed by atoms with E-state index in [0.29, 0.717) is 0 Å². The molecule has 2 N–H and O–H groups in total. The van der Waals surface area contributed by atoms with Gasteiger partial charge in [0, 0.05) is 57.2 Å². The lowest BCUT2D eigenvalue weighted by atomic mass is 10.2. The monoisotopic (exact) mass is 502 g/mol. The van der Waals surface area contributed by atoms with Crippen LogP contribution < -0.4 is 10.6 Å². The van der Waals surface area contributed by atoms with Crippen molar-refractivity contribution in [3.8, 4) is 0 Å². The number of benzene rings is 1. The van der Waals surface area contributed by atoms with E-state index in [1.54, 1.807) is 7.05 Å². The van der Waals surface area contributed by atoms with Crippen molar-refractivity contribution in [2.75, 3.05) is 20.1 Å². The molecule has 0 aliphatic rings. The number of aliphatic imine (C=N–C) groups is 1. The Labute approximate surface area is 188 Å². The number of hydrogen-bond acceptors (Lipinski definition) is 2. The summed E-state index contributed by atoms with van der Waals surface area (Å²) in [4.78, 5) is 8.93. The fraction of sp³-hybridized carbons (Fsp3) is 0.273. The van der Waals surface area contributed by atoms with Gasteiger partial charge in [0.2, 0.25) is 0 Å². The molecule has 0 fully saturated rings. The molecule has 4 aromatic rings. The maximum absolute atomic E-state index is 4.62. The molecule has 3 heterocycles. The summed E-state index contributed by atoms with van der Waals surface area (Å²) >= 11 is 0. The van der Waals surface area contributed by atoms with Crippen molar-refractivity contribution < 1.29 is 0 Å². The standard InChI is InChI=1S/C22H26N6.HI/c1-23-22(25-13-10-19-17-28-14-5-4-9-21(28)26-19)24-12-6-15-27-16-11-18-7-2-3-8-20(18)27;/h2-5,7-9,11,14,16-17H,6,10,12-13,15H2,1H3,(H2,23,24,25);1H. The van der Waals surface area contributed by atoms with Crippen molar-refractivity contribution in [1.29, 1.82) is 0 Å². The zero-order valence-corrected chi connectivity index (χ0v) is 18.9. The molecule has 0 radical (unpaired) electrons. The highest BCUT2D eigenvalue weighted by Gasteiger charge is 2.03. The number of aromatic nitrogens is 3. The first kappa shape index (κ1) is 21.2. The average molecular weight is 502 g/mol. The topological polar surface area (TPSA) is 58.7 Å². The number of nitrogens with zero attached hydrogens (tertiary/aromatic N) is 4. The molecule has 0 aliphatic heterocycles. The van der Waals surface area contributed by atoms with Gasteiger partial charge >= 0.3 is 0 Å². The molecule has 0 atom stereocenters. The molecular weight excluding hydrogens is 475 g/mol. The largest absolute Gasteiger partial charge is 0.356 e. The molecule has 152 valence electrons. The van der Waals surface area contributed by atoms with E-state index in [1.807, 2.05) is 28.8 Å². The second-order valence-corrected chi connectivity index (χ2v) is 6.80. The van der Waals surface area contributed by atoms with Crippen molar-refractivity contribution in [1.82, 2.24) is 24.6 Å². The van der Waals surface area contributed by atoms with Gasteiger partial charge in [0.15, 0.2) is 5.96 Å². The highest BCUT2D eigenvalue weighted by molar-refractivity contribution is 14.0. The number of aryl methyl sites for hydroxylation is 1. The molecule has 3 aromatic heterocycles. The Morgan fingerprint density at radius 2 is 1.83 bits per heavy atom. The Morgan fingerprint density at radius 3 is 2.69 bits per heavy atom. The fourth-order valence-electron chi connectivity index (χ4n) is 3.43. The minimum atomic E-state index is 0. The van der Waals surface area contributed by atoms with Gasteiger partial charge in [0.25, 0.3) is 0 Å². The molecule has 4 rings (SSSR count). The fourth-order valence-corrected chi connectivity index (χ4v) is 3.43. The lowest BCUT2D eigenvalue weighted by molar-refractivity contribution is 0.640. The summed E-state index contributed by atoms with van der Waals surface area (Å²) in [6, 6.07) is 16.7. The summed E-state index contributed by atoms with van der Waals surface area (Å²) < 4.78 is 4.35. The van der Waals surface area contributed by atoms with E-state index in [4.69, 9.17) is 0 Å². The van der Waals surface area contributed by atoms with E-state index in [9.17, 15) is 0 Å². The Balaban J connectivity index is 0.00000240. The summed E-state index contributed by atoms with van der Waals surface area (Å²) in [7, 11) is 1.81. The van der Waals surface area contributed by atoms with Gasteiger partial charge in [0.05, 0.1) is 5.69 Å². The van der Waals surface area contributed by atoms with Crippen LogP contribution in [0.4, 0.5) is 0 Å². The number of rotatable bonds is 7. The summed E-state index contributed by atoms with van der Waals surface area (Å²) in [6.45, 7) is 2.66. The number of nitrogens with one attached hydrogen (secondary N) is 2. The van der Waals surface area contributed by atoms with Crippen molar-refractivity contribution in [3.63, 3.8) is 0 Å². The molecule has 0 saturated heterocycles. The lowest BCUT2D eigenvalue weighted by Gasteiger charge is -2.12. The van der Waals surface area contributed by atoms with Crippen LogP contribution in [0.25, 0.3) is 16.6 Å². The summed E-state index contributed by atoms with van der Waals surface area (Å²) in [5.74, 6) is 0.834. The smallest absolute Gasteiger partial charge is 0.190 e. The van der Waals surface area contributed by atoms with Crippen molar-refractivity contribution >= 4 is 46.5 Å². The Kier molecular flexibility index (Phi) is 7.51. The van der Waals surface area contributed by atoms with Gasteiger partial charge in [-0.3, -0.25) is 4.99 Å². The third kappa shape index (κ3) is 5.29. The van der Waals surface area contributed by atoms with Gasteiger partial charge in [-0.25, -0.2) is 4.98 Å². The maximum atomic E-state index is 4.62. The first-order valence-electron chi connectivity index (χ1n) is 9.74. The normalized spacial score (nSPS) is 11.6. The van der Waals surface area contributed by atoms with E-state index in [-0.39, 0.29) is 24.0 Å². The highest BCUT2D eigenvalue weighted by atomic mass is 127. The molecular formula is C22H27IN6. The number of halogens is 1. The highest BCUT2D eigenvalue weighted by Crippen LogP contribution is 2.15. The van der Waals surface area contributed by atoms with E-state index in [2.05, 4.69) is 67.9 Å². The van der Waals surface area contributed by atoms with Crippen LogP contribution in [0.1, 0.15) is 12.1 Å². The number of para-hydroxylation sites is 1. The first-order chi connectivity index (χ1) is 13.8. The van der Waals surface area contributed by atoms with Crippen LogP contribution in [0.3, 0.4) is 0 Å². The van der Waals surface area contributed by atoms with Crippen molar-refractivity contribution in [3.05, 3.63) is 72.8 Å². The minimum absolute atomic E-state index is 0. The van der Waals surface area contributed by atoms with E-state index in [1.165, 1.54) is 10.9 Å². The number of hydrogen-bond donors (Lipinski definition) is 2. The number of fused-ring (bicyclic) bond motifs is 2. The Hall–Kier alpha value is -2.55. The van der Waals surface area contributed by atoms with E-state index in [0.717, 1.165) is 49.8 Å². The second kappa shape index (κ2) is 10.3. The van der Waals surface area contributed by atoms with Gasteiger partial charge in [-0.15, -0.1) is 24.0 Å². The second-order valence-electron chi connectivity index (χ2n) is 6.80. The van der Waals surface area contributed by atoms with Crippen LogP contribution in [0.5, 0.6) is 0 Å². The maximum Gasteiger partial charge on any atom is 0.190 e. The Morgan fingerprint density at radius 1 is 1.00 bits per heavy atom. The third-order valence-electron chi connectivity index (χ3n) is 4.86. The minimum Gasteiger partial charge on any atom is -0.356 e. The molecule has 0 spiro atoms. The molecule has 0 saturated carbocycles. The summed E-state index contributed by atoms with van der Waals surface area (Å²) in [5.41, 5.74) is 3.35. The molecule has 1 aromatic carbocycles. The predicted molar refractivity (Wildman–Crippen MR) is 130 cm³/mol. The zero-order chi connectivity index (χ0) is 19.2. The van der Waals surface area contributed by atoms with Crippen LogP contribution in [-0.2, 0) is 13.0 Å². The summed E-state index contributed by atoms with van der Waals surface area (Å²) in [5, 5.41) is 8.05. The molecule has 6 nitrogen and oxygen atoms in total. The van der Waals surface area contributed by atoms with Crippen LogP contribution in [-0.4, -0.2) is 40.0 Å². The van der Waals surface area contributed by atoms with Gasteiger partial charge in [-0.2, -0.15) is 0 Å². The van der Waals surface area contributed by atoms with Crippen LogP contribution in [0, 0.1) is 0 Å². The van der Waals surface area contributed by atoms with Crippen LogP contribution in [0.15, 0.2) is 72.1 Å². The van der Waals surface area contributed by atoms with Gasteiger partial charge < -0.3 is 19.6 Å². The SMILES string of the molecule is CN=C(NCCCn1ccc2ccccc21)NCCc1cn2ccccc2n1.I. The average Bonchev–Trinajstić information content (AvgIpc) is 3.33. The molecule has 7 heteroatoms. The number of imidazole rings is 1. The molecule has 0 aliphatic carbocycles. The molecule has 0 unspecified atom stereocenters. The van der Waals surface area contributed by atoms with Crippen molar-refractivity contribution in [2.24, 2.45) is 4.99 Å². The van der Waals surface area contributed by atoms with Gasteiger partial charge in [-0.1, -0.05) is 24.3 Å². The van der Waals surface area contributed by atoms with Crippen LogP contribution in [0.2, 0.25) is 0 Å². The molecule has 0 amide bonds. The molecule has 29 heavy (non-hydrogen) atoms. The number of guanidine groups is 1. The predicted octanol–water partition coefficient (Wildman–Crippen LogP) is 3.70. The quantitative estimate of drug-likeness (QED) is 0.175.